The van der Waals surface area contributed by atoms with Gasteiger partial charge in [-0.2, -0.15) is 0 Å². The summed E-state index contributed by atoms with van der Waals surface area (Å²) >= 11 is 0. The molecule has 0 heterocycles. The van der Waals surface area contributed by atoms with Gasteiger partial charge in [0.15, 0.2) is 0 Å². The maximum absolute atomic E-state index is 2.36. The Balaban J connectivity index is 1.57. The van der Waals surface area contributed by atoms with Crippen molar-refractivity contribution < 1.29 is 0 Å². The van der Waals surface area contributed by atoms with Crippen molar-refractivity contribution in [2.24, 2.45) is 23.7 Å². The predicted octanol–water partition coefficient (Wildman–Crippen LogP) is 7.93. The van der Waals surface area contributed by atoms with E-state index >= 15 is 0 Å². The summed E-state index contributed by atoms with van der Waals surface area (Å²) in [7, 11) is 0. The van der Waals surface area contributed by atoms with Crippen molar-refractivity contribution in [1.82, 2.24) is 0 Å². The first-order chi connectivity index (χ1) is 11.3. The molecule has 23 heavy (non-hydrogen) atoms. The van der Waals surface area contributed by atoms with Crippen LogP contribution in [0.25, 0.3) is 0 Å². The fourth-order valence-corrected chi connectivity index (χ4v) is 5.26. The first kappa shape index (κ1) is 19.1. The summed E-state index contributed by atoms with van der Waals surface area (Å²) in [5.74, 6) is 4.31. The van der Waals surface area contributed by atoms with E-state index in [0.29, 0.717) is 0 Å². The summed E-state index contributed by atoms with van der Waals surface area (Å²) in [5, 5.41) is 0. The molecule has 2 rings (SSSR count). The highest BCUT2D eigenvalue weighted by atomic mass is 14.4. The molecule has 2 aliphatic rings. The van der Waals surface area contributed by atoms with E-state index in [1.807, 2.05) is 0 Å². The van der Waals surface area contributed by atoms with Crippen LogP contribution in [-0.4, -0.2) is 0 Å². The van der Waals surface area contributed by atoms with Crippen LogP contribution in [0.1, 0.15) is 110 Å². The molecule has 0 aromatic rings. The number of hydrogen-bond donors (Lipinski definition) is 0. The van der Waals surface area contributed by atoms with Crippen molar-refractivity contribution in [2.45, 2.75) is 110 Å². The molecule has 0 aromatic carbocycles. The SMILES string of the molecule is CC=CCCC1CCC(C2CCC(CCCCCC)CC2)CC1. The van der Waals surface area contributed by atoms with E-state index in [9.17, 15) is 0 Å². The summed E-state index contributed by atoms with van der Waals surface area (Å²) in [5.41, 5.74) is 0. The zero-order valence-corrected chi connectivity index (χ0v) is 16.1. The Kier molecular flexibility index (Phi) is 9.39. The zero-order valence-electron chi connectivity index (χ0n) is 16.1. The molecule has 0 heteroatoms. The molecule has 2 fully saturated rings. The Hall–Kier alpha value is -0.260. The monoisotopic (exact) mass is 318 g/mol. The lowest BCUT2D eigenvalue weighted by atomic mass is 9.68. The van der Waals surface area contributed by atoms with Crippen molar-refractivity contribution in [3.8, 4) is 0 Å². The number of rotatable bonds is 9. The third-order valence-corrected chi connectivity index (χ3v) is 6.89. The lowest BCUT2D eigenvalue weighted by Gasteiger charge is -2.38. The smallest absolute Gasteiger partial charge is 0.0348 e. The molecule has 0 saturated heterocycles. The van der Waals surface area contributed by atoms with Crippen LogP contribution in [0.3, 0.4) is 0 Å². The van der Waals surface area contributed by atoms with Crippen LogP contribution < -0.4 is 0 Å². The van der Waals surface area contributed by atoms with Crippen LogP contribution in [0.2, 0.25) is 0 Å². The average molecular weight is 319 g/mol. The van der Waals surface area contributed by atoms with Crippen LogP contribution in [0, 0.1) is 23.7 Å². The van der Waals surface area contributed by atoms with Gasteiger partial charge in [-0.3, -0.25) is 0 Å². The van der Waals surface area contributed by atoms with Gasteiger partial charge in [0.1, 0.15) is 0 Å². The Bertz CT molecular complexity index is 300. The number of hydrogen-bond acceptors (Lipinski definition) is 0. The van der Waals surface area contributed by atoms with Gasteiger partial charge in [-0.15, -0.1) is 0 Å². The van der Waals surface area contributed by atoms with Crippen molar-refractivity contribution >= 4 is 0 Å². The van der Waals surface area contributed by atoms with Crippen LogP contribution in [-0.2, 0) is 0 Å². The number of allylic oxidation sites excluding steroid dienone is 2. The van der Waals surface area contributed by atoms with E-state index in [1.54, 1.807) is 38.5 Å². The van der Waals surface area contributed by atoms with Crippen molar-refractivity contribution in [3.05, 3.63) is 12.2 Å². The first-order valence-electron chi connectivity index (χ1n) is 10.9. The Morgan fingerprint density at radius 2 is 1.26 bits per heavy atom. The zero-order chi connectivity index (χ0) is 16.3. The Morgan fingerprint density at radius 3 is 1.78 bits per heavy atom. The first-order valence-corrected chi connectivity index (χ1v) is 10.9. The summed E-state index contributed by atoms with van der Waals surface area (Å²) in [6.07, 6.45) is 27.1. The van der Waals surface area contributed by atoms with Crippen LogP contribution in [0.4, 0.5) is 0 Å². The van der Waals surface area contributed by atoms with E-state index in [1.165, 1.54) is 57.8 Å². The quantitative estimate of drug-likeness (QED) is 0.299. The maximum atomic E-state index is 2.36. The average Bonchev–Trinajstić information content (AvgIpc) is 2.60. The minimum atomic E-state index is 1.04. The lowest BCUT2D eigenvalue weighted by Crippen LogP contribution is -2.25. The largest absolute Gasteiger partial charge is 0.0917 e. The van der Waals surface area contributed by atoms with Crippen molar-refractivity contribution in [1.29, 1.82) is 0 Å². The maximum Gasteiger partial charge on any atom is -0.0348 e. The van der Waals surface area contributed by atoms with Gasteiger partial charge in [0.25, 0.3) is 0 Å². The topological polar surface area (TPSA) is 0 Å². The van der Waals surface area contributed by atoms with E-state index < -0.39 is 0 Å². The van der Waals surface area contributed by atoms with E-state index in [0.717, 1.165) is 23.7 Å². The Morgan fingerprint density at radius 1 is 0.696 bits per heavy atom. The molecular weight excluding hydrogens is 276 g/mol. The second-order valence-electron chi connectivity index (χ2n) is 8.56. The molecule has 0 amide bonds. The summed E-state index contributed by atoms with van der Waals surface area (Å²) in [6.45, 7) is 4.47. The normalized spacial score (nSPS) is 32.4. The molecule has 0 spiro atoms. The minimum absolute atomic E-state index is 1.04. The van der Waals surface area contributed by atoms with Gasteiger partial charge in [0.2, 0.25) is 0 Å². The molecule has 2 aliphatic carbocycles. The third-order valence-electron chi connectivity index (χ3n) is 6.89. The summed E-state index contributed by atoms with van der Waals surface area (Å²) in [6, 6.07) is 0. The van der Waals surface area contributed by atoms with Gasteiger partial charge < -0.3 is 0 Å². The molecule has 0 atom stereocenters. The lowest BCUT2D eigenvalue weighted by molar-refractivity contribution is 0.140. The third kappa shape index (κ3) is 7.02. The molecule has 0 nitrogen and oxygen atoms in total. The van der Waals surface area contributed by atoms with Gasteiger partial charge in [-0.25, -0.2) is 0 Å². The predicted molar refractivity (Wildman–Crippen MR) is 104 cm³/mol. The fourth-order valence-electron chi connectivity index (χ4n) is 5.26. The van der Waals surface area contributed by atoms with Crippen LogP contribution >= 0.6 is 0 Å². The molecule has 0 radical (unpaired) electrons. The molecule has 2 saturated carbocycles. The van der Waals surface area contributed by atoms with Gasteiger partial charge in [-0.05, 0) is 69.1 Å². The van der Waals surface area contributed by atoms with E-state index in [4.69, 9.17) is 0 Å². The van der Waals surface area contributed by atoms with Crippen molar-refractivity contribution in [2.75, 3.05) is 0 Å². The second kappa shape index (κ2) is 11.3. The summed E-state index contributed by atoms with van der Waals surface area (Å²) < 4.78 is 0. The van der Waals surface area contributed by atoms with Crippen molar-refractivity contribution in [3.63, 3.8) is 0 Å². The highest BCUT2D eigenvalue weighted by Crippen LogP contribution is 2.43. The molecule has 0 bridgehead atoms. The Labute approximate surface area is 146 Å². The van der Waals surface area contributed by atoms with Crippen LogP contribution in [0.15, 0.2) is 12.2 Å². The summed E-state index contributed by atoms with van der Waals surface area (Å²) in [4.78, 5) is 0. The van der Waals surface area contributed by atoms with Gasteiger partial charge in [-0.1, -0.05) is 76.9 Å². The molecular formula is C23H42. The highest BCUT2D eigenvalue weighted by Gasteiger charge is 2.30. The fraction of sp³-hybridized carbons (Fsp3) is 0.913. The van der Waals surface area contributed by atoms with Gasteiger partial charge in [0.05, 0.1) is 0 Å². The minimum Gasteiger partial charge on any atom is -0.0917 e. The number of unbranched alkanes of at least 4 members (excludes halogenated alkanes) is 3. The van der Waals surface area contributed by atoms with Crippen LogP contribution in [0.5, 0.6) is 0 Å². The standard InChI is InChI=1S/C23H42/c1-3-5-7-9-11-21-14-18-23(19-15-21)22-16-12-20(13-17-22)10-8-6-4-2/h4,6,20-23H,3,5,7-19H2,1-2H3. The van der Waals surface area contributed by atoms with E-state index in [2.05, 4.69) is 26.0 Å². The molecule has 0 aliphatic heterocycles. The van der Waals surface area contributed by atoms with Gasteiger partial charge in [0, 0.05) is 0 Å². The molecule has 134 valence electrons. The van der Waals surface area contributed by atoms with Gasteiger partial charge >= 0.3 is 0 Å². The second-order valence-corrected chi connectivity index (χ2v) is 8.56. The van der Waals surface area contributed by atoms with E-state index in [-0.39, 0.29) is 0 Å². The highest BCUT2D eigenvalue weighted by molar-refractivity contribution is 4.84. The molecule has 0 N–H and O–H groups in total. The molecule has 0 aromatic heterocycles. The molecule has 0 unspecified atom stereocenters.